The van der Waals surface area contributed by atoms with Crippen molar-refractivity contribution in [3.8, 4) is 22.8 Å². The zero-order valence-corrected chi connectivity index (χ0v) is 17.1. The molecule has 7 nitrogen and oxygen atoms in total. The van der Waals surface area contributed by atoms with E-state index in [2.05, 4.69) is 15.3 Å². The Balaban J connectivity index is 1.83. The number of ketones is 1. The fourth-order valence-corrected chi connectivity index (χ4v) is 3.84. The molecule has 0 saturated carbocycles. The number of nitrogens with zero attached hydrogens (tertiary/aromatic N) is 1. The number of aryl methyl sites for hydroxylation is 1. The number of rotatable bonds is 6. The van der Waals surface area contributed by atoms with Crippen LogP contribution in [0.15, 0.2) is 23.6 Å². The van der Waals surface area contributed by atoms with E-state index >= 15 is 0 Å². The number of aromatic amines is 1. The minimum absolute atomic E-state index is 0.0738. The Morgan fingerprint density at radius 3 is 2.46 bits per heavy atom. The number of nitrogens with one attached hydrogen (secondary N) is 2. The molecule has 0 atom stereocenters. The van der Waals surface area contributed by atoms with E-state index in [1.165, 1.54) is 18.3 Å². The predicted octanol–water partition coefficient (Wildman–Crippen LogP) is 4.23. The number of anilines is 1. The Kier molecular flexibility index (Phi) is 5.51. The average Bonchev–Trinajstić information content (AvgIpc) is 3.25. The number of ether oxygens (including phenoxy) is 2. The highest BCUT2D eigenvalue weighted by molar-refractivity contribution is 7.14. The minimum Gasteiger partial charge on any atom is -0.493 e. The van der Waals surface area contributed by atoms with Gasteiger partial charge in [-0.15, -0.1) is 11.3 Å². The van der Waals surface area contributed by atoms with E-state index < -0.39 is 0 Å². The van der Waals surface area contributed by atoms with Crippen LogP contribution in [0.2, 0.25) is 0 Å². The zero-order valence-electron chi connectivity index (χ0n) is 16.3. The van der Waals surface area contributed by atoms with Gasteiger partial charge in [0, 0.05) is 22.2 Å². The number of benzene rings is 1. The van der Waals surface area contributed by atoms with Gasteiger partial charge in [-0.25, -0.2) is 4.98 Å². The number of hydrogen-bond donors (Lipinski definition) is 2. The van der Waals surface area contributed by atoms with Crippen molar-refractivity contribution in [3.05, 3.63) is 46.1 Å². The molecule has 0 spiro atoms. The number of Topliss-reactive ketones (excluding diaryl/α,β-unsaturated/α-hetero) is 1. The molecule has 0 unspecified atom stereocenters. The fraction of sp³-hybridized carbons (Fsp3) is 0.250. The van der Waals surface area contributed by atoms with Crippen LogP contribution in [0.4, 0.5) is 5.13 Å². The number of aromatic nitrogens is 2. The molecule has 0 aliphatic carbocycles. The number of thiazole rings is 1. The summed E-state index contributed by atoms with van der Waals surface area (Å²) < 4.78 is 10.6. The van der Waals surface area contributed by atoms with E-state index in [1.54, 1.807) is 34.1 Å². The second kappa shape index (κ2) is 7.85. The summed E-state index contributed by atoms with van der Waals surface area (Å²) in [6.07, 6.45) is 0. The maximum Gasteiger partial charge on any atom is 0.274 e. The summed E-state index contributed by atoms with van der Waals surface area (Å²) in [6.45, 7) is 5.02. The van der Waals surface area contributed by atoms with Gasteiger partial charge in [0.2, 0.25) is 0 Å². The van der Waals surface area contributed by atoms with Gasteiger partial charge in [0.25, 0.3) is 5.91 Å². The van der Waals surface area contributed by atoms with Crippen molar-refractivity contribution in [2.24, 2.45) is 0 Å². The molecule has 3 aromatic rings. The van der Waals surface area contributed by atoms with Crippen LogP contribution in [0.25, 0.3) is 11.3 Å². The van der Waals surface area contributed by atoms with Crippen molar-refractivity contribution >= 4 is 28.2 Å². The lowest BCUT2D eigenvalue weighted by atomic mass is 10.1. The van der Waals surface area contributed by atoms with E-state index in [0.29, 0.717) is 44.8 Å². The molecule has 8 heteroatoms. The maximum absolute atomic E-state index is 12.6. The summed E-state index contributed by atoms with van der Waals surface area (Å²) in [7, 11) is 3.15. The predicted molar refractivity (Wildman–Crippen MR) is 109 cm³/mol. The first-order valence-electron chi connectivity index (χ1n) is 8.55. The maximum atomic E-state index is 12.6. The molecule has 1 amide bonds. The van der Waals surface area contributed by atoms with E-state index in [4.69, 9.17) is 9.47 Å². The van der Waals surface area contributed by atoms with Gasteiger partial charge < -0.3 is 14.5 Å². The fourth-order valence-electron chi connectivity index (χ4n) is 3.12. The van der Waals surface area contributed by atoms with Gasteiger partial charge in [-0.3, -0.25) is 14.9 Å². The molecule has 1 aromatic carbocycles. The molecular weight excluding hydrogens is 378 g/mol. The molecule has 0 radical (unpaired) electrons. The Morgan fingerprint density at radius 2 is 1.86 bits per heavy atom. The molecule has 0 saturated heterocycles. The molecular formula is C20H21N3O4S. The topological polar surface area (TPSA) is 93.3 Å². The largest absolute Gasteiger partial charge is 0.493 e. The average molecular weight is 399 g/mol. The molecule has 0 aliphatic rings. The summed E-state index contributed by atoms with van der Waals surface area (Å²) >= 11 is 1.32. The number of H-pyrrole nitrogens is 1. The lowest BCUT2D eigenvalue weighted by Crippen LogP contribution is -2.13. The van der Waals surface area contributed by atoms with Crippen LogP contribution in [0.1, 0.15) is 39.0 Å². The highest BCUT2D eigenvalue weighted by Crippen LogP contribution is 2.33. The van der Waals surface area contributed by atoms with Crippen molar-refractivity contribution in [1.29, 1.82) is 0 Å². The van der Waals surface area contributed by atoms with Crippen molar-refractivity contribution in [2.75, 3.05) is 19.5 Å². The molecule has 2 aromatic heterocycles. The van der Waals surface area contributed by atoms with Gasteiger partial charge in [-0.05, 0) is 44.5 Å². The molecule has 3 rings (SSSR count). The normalized spacial score (nSPS) is 10.6. The van der Waals surface area contributed by atoms with Crippen LogP contribution in [0.5, 0.6) is 11.5 Å². The third kappa shape index (κ3) is 3.63. The zero-order chi connectivity index (χ0) is 20.4. The third-order valence-electron chi connectivity index (χ3n) is 4.42. The SMILES string of the molecule is COc1ccc(-c2csc(NC(=O)c3[nH]c(C)c(C(C)=O)c3C)n2)cc1OC. The van der Waals surface area contributed by atoms with Crippen LogP contribution < -0.4 is 14.8 Å². The summed E-state index contributed by atoms with van der Waals surface area (Å²) in [5.41, 5.74) is 3.80. The number of methoxy groups -OCH3 is 2. The van der Waals surface area contributed by atoms with Crippen LogP contribution >= 0.6 is 11.3 Å². The third-order valence-corrected chi connectivity index (χ3v) is 5.18. The van der Waals surface area contributed by atoms with Gasteiger partial charge in [-0.2, -0.15) is 0 Å². The Labute approximate surface area is 166 Å². The summed E-state index contributed by atoms with van der Waals surface area (Å²) in [4.78, 5) is 31.9. The van der Waals surface area contributed by atoms with Crippen molar-refractivity contribution in [3.63, 3.8) is 0 Å². The van der Waals surface area contributed by atoms with Crippen LogP contribution in [0, 0.1) is 13.8 Å². The monoisotopic (exact) mass is 399 g/mol. The molecule has 2 heterocycles. The van der Waals surface area contributed by atoms with Crippen LogP contribution in [-0.2, 0) is 0 Å². The first kappa shape index (κ1) is 19.6. The molecule has 146 valence electrons. The standard InChI is InChI=1S/C20H21N3O4S/c1-10-17(12(3)24)11(2)21-18(10)19(25)23-20-22-14(9-28-20)13-6-7-15(26-4)16(8-13)27-5/h6-9,21H,1-5H3,(H,22,23,25). The minimum atomic E-state index is -0.332. The second-order valence-electron chi connectivity index (χ2n) is 6.24. The van der Waals surface area contributed by atoms with Crippen LogP contribution in [-0.4, -0.2) is 35.9 Å². The van der Waals surface area contributed by atoms with E-state index in [-0.39, 0.29) is 11.7 Å². The number of carbonyl (C=O) groups excluding carboxylic acids is 2. The molecule has 2 N–H and O–H groups in total. The van der Waals surface area contributed by atoms with E-state index in [1.807, 2.05) is 17.5 Å². The first-order valence-corrected chi connectivity index (χ1v) is 9.43. The Hall–Kier alpha value is -3.13. The van der Waals surface area contributed by atoms with Gasteiger partial charge >= 0.3 is 0 Å². The quantitative estimate of drug-likeness (QED) is 0.605. The summed E-state index contributed by atoms with van der Waals surface area (Å²) in [5, 5.41) is 5.11. The Bertz CT molecular complexity index is 1050. The van der Waals surface area contributed by atoms with Crippen molar-refractivity contribution in [2.45, 2.75) is 20.8 Å². The smallest absolute Gasteiger partial charge is 0.274 e. The molecule has 28 heavy (non-hydrogen) atoms. The Morgan fingerprint density at radius 1 is 1.14 bits per heavy atom. The van der Waals surface area contributed by atoms with Gasteiger partial charge in [0.15, 0.2) is 22.4 Å². The highest BCUT2D eigenvalue weighted by Gasteiger charge is 2.20. The van der Waals surface area contributed by atoms with Crippen molar-refractivity contribution < 1.29 is 19.1 Å². The number of amides is 1. The van der Waals surface area contributed by atoms with Crippen LogP contribution in [0.3, 0.4) is 0 Å². The first-order chi connectivity index (χ1) is 13.3. The lowest BCUT2D eigenvalue weighted by molar-refractivity contribution is 0.101. The second-order valence-corrected chi connectivity index (χ2v) is 7.10. The number of hydrogen-bond acceptors (Lipinski definition) is 6. The van der Waals surface area contributed by atoms with E-state index in [9.17, 15) is 9.59 Å². The summed E-state index contributed by atoms with van der Waals surface area (Å²) in [5.74, 6) is 0.832. The molecule has 0 aliphatic heterocycles. The van der Waals surface area contributed by atoms with Gasteiger partial charge in [-0.1, -0.05) is 0 Å². The molecule has 0 fully saturated rings. The van der Waals surface area contributed by atoms with Gasteiger partial charge in [0.05, 0.1) is 19.9 Å². The lowest BCUT2D eigenvalue weighted by Gasteiger charge is -2.08. The number of carbonyl (C=O) groups is 2. The highest BCUT2D eigenvalue weighted by atomic mass is 32.1. The summed E-state index contributed by atoms with van der Waals surface area (Å²) in [6, 6.07) is 5.51. The van der Waals surface area contributed by atoms with E-state index in [0.717, 1.165) is 5.56 Å². The van der Waals surface area contributed by atoms with Gasteiger partial charge in [0.1, 0.15) is 5.69 Å². The van der Waals surface area contributed by atoms with Crippen molar-refractivity contribution in [1.82, 2.24) is 9.97 Å². The molecule has 0 bridgehead atoms.